The van der Waals surface area contributed by atoms with Crippen molar-refractivity contribution in [2.24, 2.45) is 0 Å². The summed E-state index contributed by atoms with van der Waals surface area (Å²) < 4.78 is 1.70. The molecule has 0 bridgehead atoms. The SMILES string of the molecule is CCNCc1cc(C(C)C)nc(-n2cncn2)c1. The molecule has 0 spiro atoms. The van der Waals surface area contributed by atoms with E-state index < -0.39 is 0 Å². The van der Waals surface area contributed by atoms with Crippen LogP contribution in [0.25, 0.3) is 5.82 Å². The molecular formula is C13H19N5. The third-order valence-electron chi connectivity index (χ3n) is 2.72. The van der Waals surface area contributed by atoms with Crippen LogP contribution in [0.2, 0.25) is 0 Å². The Kier molecular flexibility index (Phi) is 4.04. The molecule has 0 fully saturated rings. The summed E-state index contributed by atoms with van der Waals surface area (Å²) in [5, 5.41) is 7.46. The summed E-state index contributed by atoms with van der Waals surface area (Å²) in [6, 6.07) is 4.19. The molecule has 2 rings (SSSR count). The maximum absolute atomic E-state index is 4.62. The van der Waals surface area contributed by atoms with E-state index in [0.29, 0.717) is 5.92 Å². The number of hydrogen-bond acceptors (Lipinski definition) is 4. The molecule has 0 atom stereocenters. The van der Waals surface area contributed by atoms with Crippen molar-refractivity contribution >= 4 is 0 Å². The molecule has 0 aliphatic heterocycles. The van der Waals surface area contributed by atoms with Gasteiger partial charge in [0.1, 0.15) is 12.7 Å². The predicted octanol–water partition coefficient (Wildman–Crippen LogP) is 1.90. The molecule has 0 saturated heterocycles. The smallest absolute Gasteiger partial charge is 0.155 e. The summed E-state index contributed by atoms with van der Waals surface area (Å²) in [5.74, 6) is 1.22. The number of pyridine rings is 1. The molecule has 2 heterocycles. The van der Waals surface area contributed by atoms with E-state index in [-0.39, 0.29) is 0 Å². The quantitative estimate of drug-likeness (QED) is 0.874. The van der Waals surface area contributed by atoms with Crippen molar-refractivity contribution in [3.63, 3.8) is 0 Å². The minimum Gasteiger partial charge on any atom is -0.313 e. The molecule has 2 aromatic rings. The van der Waals surface area contributed by atoms with Gasteiger partial charge in [0.05, 0.1) is 0 Å². The Hall–Kier alpha value is -1.75. The topological polar surface area (TPSA) is 55.6 Å². The standard InChI is InChI=1S/C13H19N5/c1-4-14-7-11-5-12(10(2)3)17-13(6-11)18-9-15-8-16-18/h5-6,8-10,14H,4,7H2,1-3H3. The molecule has 0 aromatic carbocycles. The third-order valence-corrected chi connectivity index (χ3v) is 2.72. The van der Waals surface area contributed by atoms with Crippen LogP contribution in [-0.2, 0) is 6.54 Å². The zero-order valence-corrected chi connectivity index (χ0v) is 11.1. The van der Waals surface area contributed by atoms with Crippen molar-refractivity contribution in [2.75, 3.05) is 6.54 Å². The number of nitrogens with one attached hydrogen (secondary N) is 1. The van der Waals surface area contributed by atoms with E-state index in [2.05, 4.69) is 47.2 Å². The fraction of sp³-hybridized carbons (Fsp3) is 0.462. The first-order chi connectivity index (χ1) is 8.70. The first kappa shape index (κ1) is 12.7. The second kappa shape index (κ2) is 5.73. The fourth-order valence-corrected chi connectivity index (χ4v) is 1.71. The van der Waals surface area contributed by atoms with Gasteiger partial charge in [-0.15, -0.1) is 0 Å². The molecule has 0 saturated carbocycles. The molecule has 0 unspecified atom stereocenters. The minimum absolute atomic E-state index is 0.397. The molecule has 0 aliphatic carbocycles. The van der Waals surface area contributed by atoms with E-state index in [1.807, 2.05) is 6.07 Å². The molecule has 0 aliphatic rings. The van der Waals surface area contributed by atoms with Gasteiger partial charge < -0.3 is 5.32 Å². The highest BCUT2D eigenvalue weighted by Crippen LogP contribution is 2.16. The Labute approximate surface area is 107 Å². The monoisotopic (exact) mass is 245 g/mol. The minimum atomic E-state index is 0.397. The van der Waals surface area contributed by atoms with Crippen LogP contribution in [0.3, 0.4) is 0 Å². The van der Waals surface area contributed by atoms with Crippen LogP contribution in [0.5, 0.6) is 0 Å². The second-order valence-electron chi connectivity index (χ2n) is 4.53. The lowest BCUT2D eigenvalue weighted by Gasteiger charge is -2.11. The molecule has 2 aromatic heterocycles. The van der Waals surface area contributed by atoms with Crippen LogP contribution in [0.15, 0.2) is 24.8 Å². The maximum atomic E-state index is 4.62. The summed E-state index contributed by atoms with van der Waals surface area (Å²) in [4.78, 5) is 8.58. The van der Waals surface area contributed by atoms with Crippen LogP contribution in [0, 0.1) is 0 Å². The van der Waals surface area contributed by atoms with E-state index in [9.17, 15) is 0 Å². The van der Waals surface area contributed by atoms with Gasteiger partial charge >= 0.3 is 0 Å². The summed E-state index contributed by atoms with van der Waals surface area (Å²) in [6.07, 6.45) is 3.19. The average molecular weight is 245 g/mol. The van der Waals surface area contributed by atoms with Crippen LogP contribution >= 0.6 is 0 Å². The Morgan fingerprint density at radius 1 is 1.33 bits per heavy atom. The Morgan fingerprint density at radius 3 is 2.78 bits per heavy atom. The van der Waals surface area contributed by atoms with Crippen LogP contribution in [0.1, 0.15) is 37.9 Å². The number of aromatic nitrogens is 4. The van der Waals surface area contributed by atoms with Crippen molar-refractivity contribution in [3.05, 3.63) is 36.0 Å². The third kappa shape index (κ3) is 2.92. The van der Waals surface area contributed by atoms with Gasteiger partial charge in [-0.05, 0) is 30.2 Å². The number of rotatable bonds is 5. The lowest BCUT2D eigenvalue weighted by molar-refractivity contribution is 0.714. The van der Waals surface area contributed by atoms with Gasteiger partial charge in [0, 0.05) is 12.2 Å². The lowest BCUT2D eigenvalue weighted by atomic mass is 10.1. The summed E-state index contributed by atoms with van der Waals surface area (Å²) >= 11 is 0. The highest BCUT2D eigenvalue weighted by atomic mass is 15.3. The van der Waals surface area contributed by atoms with E-state index in [4.69, 9.17) is 0 Å². The summed E-state index contributed by atoms with van der Waals surface area (Å²) in [5.41, 5.74) is 2.30. The lowest BCUT2D eigenvalue weighted by Crippen LogP contribution is -2.13. The molecule has 96 valence electrons. The van der Waals surface area contributed by atoms with Crippen LogP contribution < -0.4 is 5.32 Å². The Morgan fingerprint density at radius 2 is 2.17 bits per heavy atom. The van der Waals surface area contributed by atoms with Gasteiger partial charge in [0.15, 0.2) is 5.82 Å². The summed E-state index contributed by atoms with van der Waals surface area (Å²) in [6.45, 7) is 8.19. The van der Waals surface area contributed by atoms with Crippen molar-refractivity contribution in [1.82, 2.24) is 25.1 Å². The largest absolute Gasteiger partial charge is 0.313 e. The van der Waals surface area contributed by atoms with E-state index in [1.54, 1.807) is 11.0 Å². The second-order valence-corrected chi connectivity index (χ2v) is 4.53. The number of nitrogens with zero attached hydrogens (tertiary/aromatic N) is 4. The first-order valence-electron chi connectivity index (χ1n) is 6.27. The van der Waals surface area contributed by atoms with Gasteiger partial charge in [-0.3, -0.25) is 0 Å². The van der Waals surface area contributed by atoms with Crippen LogP contribution in [-0.4, -0.2) is 26.3 Å². The van der Waals surface area contributed by atoms with Gasteiger partial charge in [0.2, 0.25) is 0 Å². The van der Waals surface area contributed by atoms with Crippen molar-refractivity contribution in [1.29, 1.82) is 0 Å². The van der Waals surface area contributed by atoms with Gasteiger partial charge in [-0.1, -0.05) is 20.8 Å². The van der Waals surface area contributed by atoms with Crippen molar-refractivity contribution in [3.8, 4) is 5.82 Å². The highest BCUT2D eigenvalue weighted by Gasteiger charge is 2.07. The molecule has 18 heavy (non-hydrogen) atoms. The Balaban J connectivity index is 2.36. The number of hydrogen-bond donors (Lipinski definition) is 1. The summed E-state index contributed by atoms with van der Waals surface area (Å²) in [7, 11) is 0. The van der Waals surface area contributed by atoms with E-state index >= 15 is 0 Å². The molecule has 1 N–H and O–H groups in total. The van der Waals surface area contributed by atoms with E-state index in [1.165, 1.54) is 11.9 Å². The van der Waals surface area contributed by atoms with Crippen molar-refractivity contribution < 1.29 is 0 Å². The molecule has 5 nitrogen and oxygen atoms in total. The van der Waals surface area contributed by atoms with Gasteiger partial charge in [0.25, 0.3) is 0 Å². The normalized spacial score (nSPS) is 11.1. The average Bonchev–Trinajstić information content (AvgIpc) is 2.89. The predicted molar refractivity (Wildman–Crippen MR) is 70.6 cm³/mol. The van der Waals surface area contributed by atoms with Gasteiger partial charge in [-0.2, -0.15) is 5.10 Å². The van der Waals surface area contributed by atoms with Gasteiger partial charge in [-0.25, -0.2) is 14.6 Å². The highest BCUT2D eigenvalue weighted by molar-refractivity contribution is 5.31. The van der Waals surface area contributed by atoms with Crippen molar-refractivity contribution in [2.45, 2.75) is 33.2 Å². The zero-order valence-electron chi connectivity index (χ0n) is 11.1. The fourth-order valence-electron chi connectivity index (χ4n) is 1.71. The molecule has 0 amide bonds. The Bertz CT molecular complexity index is 490. The van der Waals surface area contributed by atoms with Crippen LogP contribution in [0.4, 0.5) is 0 Å². The molecular weight excluding hydrogens is 226 g/mol. The van der Waals surface area contributed by atoms with E-state index in [0.717, 1.165) is 24.6 Å². The molecule has 5 heteroatoms. The first-order valence-corrected chi connectivity index (χ1v) is 6.27. The zero-order chi connectivity index (χ0) is 13.0. The molecule has 0 radical (unpaired) electrons. The maximum Gasteiger partial charge on any atom is 0.155 e.